The molecule has 2 aliphatic rings. The van der Waals surface area contributed by atoms with Gasteiger partial charge >= 0.3 is 0 Å². The standard InChI is InChI=1S/C31H36N8O2S2/c32-25-11-2-6-20(14-25)16-27(41)35-31-39-37-29(43-31)23-9-3-8-22(17-23)28-36-38-30(42-28)34-26(40)15-19-5-1-7-21(13-19)24-10-4-12-33-18-24/h1-2,5-7,11,13-14,22-24,33H,3-4,8-10,12,15-18,32H2,(H,34,38,40)(H,35,39,41). The fourth-order valence-corrected chi connectivity index (χ4v) is 7.85. The number of carbonyl (C=O) groups is 2. The molecule has 2 fully saturated rings. The van der Waals surface area contributed by atoms with Gasteiger partial charge in [-0.1, -0.05) is 65.5 Å². The highest BCUT2D eigenvalue weighted by atomic mass is 32.1. The lowest BCUT2D eigenvalue weighted by Gasteiger charge is -2.25. The summed E-state index contributed by atoms with van der Waals surface area (Å²) in [7, 11) is 0. The Morgan fingerprint density at radius 2 is 1.40 bits per heavy atom. The highest BCUT2D eigenvalue weighted by Crippen LogP contribution is 2.43. The van der Waals surface area contributed by atoms with E-state index in [4.69, 9.17) is 5.73 Å². The number of piperidine rings is 1. The van der Waals surface area contributed by atoms with Gasteiger partial charge in [-0.15, -0.1) is 20.4 Å². The van der Waals surface area contributed by atoms with E-state index < -0.39 is 0 Å². The Kier molecular flexibility index (Phi) is 9.35. The molecule has 4 aromatic rings. The van der Waals surface area contributed by atoms with Crippen LogP contribution < -0.4 is 21.7 Å². The van der Waals surface area contributed by atoms with E-state index in [-0.39, 0.29) is 30.1 Å². The maximum atomic E-state index is 12.9. The largest absolute Gasteiger partial charge is 0.399 e. The van der Waals surface area contributed by atoms with Gasteiger partial charge in [0.25, 0.3) is 0 Å². The molecule has 43 heavy (non-hydrogen) atoms. The minimum Gasteiger partial charge on any atom is -0.399 e. The zero-order valence-electron chi connectivity index (χ0n) is 23.9. The van der Waals surface area contributed by atoms with Crippen molar-refractivity contribution in [2.45, 2.75) is 69.1 Å². The van der Waals surface area contributed by atoms with Crippen LogP contribution in [0, 0.1) is 0 Å². The first-order chi connectivity index (χ1) is 21.0. The van der Waals surface area contributed by atoms with Crippen molar-refractivity contribution >= 4 is 50.4 Å². The number of carbonyl (C=O) groups excluding carboxylic acids is 2. The number of rotatable bonds is 9. The Morgan fingerprint density at radius 3 is 2.00 bits per heavy atom. The summed E-state index contributed by atoms with van der Waals surface area (Å²) in [5, 5.41) is 29.6. The average Bonchev–Trinajstić information content (AvgIpc) is 3.68. The predicted octanol–water partition coefficient (Wildman–Crippen LogP) is 5.24. The number of hydrogen-bond acceptors (Lipinski definition) is 10. The smallest absolute Gasteiger partial charge is 0.230 e. The van der Waals surface area contributed by atoms with Crippen LogP contribution in [0.15, 0.2) is 48.5 Å². The van der Waals surface area contributed by atoms with Crippen LogP contribution in [0.4, 0.5) is 16.0 Å². The van der Waals surface area contributed by atoms with E-state index >= 15 is 0 Å². The van der Waals surface area contributed by atoms with Crippen LogP contribution in [0.25, 0.3) is 0 Å². The Morgan fingerprint density at radius 1 is 0.791 bits per heavy atom. The van der Waals surface area contributed by atoms with Gasteiger partial charge in [0.1, 0.15) is 10.0 Å². The van der Waals surface area contributed by atoms with Crippen molar-refractivity contribution in [3.63, 3.8) is 0 Å². The predicted molar refractivity (Wildman–Crippen MR) is 171 cm³/mol. The first-order valence-corrected chi connectivity index (χ1v) is 16.5. The van der Waals surface area contributed by atoms with E-state index in [2.05, 4.69) is 48.5 Å². The van der Waals surface area contributed by atoms with Gasteiger partial charge in [-0.05, 0) is 73.4 Å². The maximum Gasteiger partial charge on any atom is 0.230 e. The minimum atomic E-state index is -0.146. The second kappa shape index (κ2) is 13.7. The first kappa shape index (κ1) is 29.3. The van der Waals surface area contributed by atoms with E-state index in [1.807, 2.05) is 24.3 Å². The molecular weight excluding hydrogens is 581 g/mol. The molecule has 3 atom stereocenters. The van der Waals surface area contributed by atoms with Crippen molar-refractivity contribution in [1.82, 2.24) is 25.7 Å². The molecule has 0 bridgehead atoms. The summed E-state index contributed by atoms with van der Waals surface area (Å²) in [6.45, 7) is 2.08. The second-order valence-electron chi connectivity index (χ2n) is 11.4. The van der Waals surface area contributed by atoms with Crippen LogP contribution >= 0.6 is 22.7 Å². The molecule has 2 aromatic carbocycles. The summed E-state index contributed by atoms with van der Waals surface area (Å²) >= 11 is 2.89. The Balaban J connectivity index is 1.01. The second-order valence-corrected chi connectivity index (χ2v) is 13.5. The Bertz CT molecular complexity index is 1560. The summed E-state index contributed by atoms with van der Waals surface area (Å²) in [4.78, 5) is 25.4. The number of nitrogen functional groups attached to an aromatic ring is 1. The highest BCUT2D eigenvalue weighted by Gasteiger charge is 2.29. The molecule has 0 spiro atoms. The van der Waals surface area contributed by atoms with Crippen LogP contribution in [0.1, 0.15) is 83.0 Å². The molecule has 1 saturated carbocycles. The average molecular weight is 617 g/mol. The topological polar surface area (TPSA) is 148 Å². The zero-order valence-corrected chi connectivity index (χ0v) is 25.6. The van der Waals surface area contributed by atoms with Gasteiger partial charge in [0.15, 0.2) is 0 Å². The number of amides is 2. The lowest BCUT2D eigenvalue weighted by atomic mass is 9.82. The van der Waals surface area contributed by atoms with Crippen LogP contribution in [0.5, 0.6) is 0 Å². The van der Waals surface area contributed by atoms with Crippen LogP contribution in [-0.2, 0) is 22.4 Å². The van der Waals surface area contributed by atoms with Crippen molar-refractivity contribution in [2.24, 2.45) is 0 Å². The molecule has 12 heteroatoms. The van der Waals surface area contributed by atoms with Gasteiger partial charge in [0.05, 0.1) is 12.8 Å². The molecule has 0 radical (unpaired) electrons. The zero-order chi connectivity index (χ0) is 29.6. The third kappa shape index (κ3) is 7.81. The number of anilines is 3. The minimum absolute atomic E-state index is 0.0812. The summed E-state index contributed by atoms with van der Waals surface area (Å²) in [6.07, 6.45) is 6.86. The molecule has 2 aromatic heterocycles. The van der Waals surface area contributed by atoms with Gasteiger partial charge in [-0.3, -0.25) is 9.59 Å². The molecule has 3 heterocycles. The molecule has 5 N–H and O–H groups in total. The number of nitrogens with zero attached hydrogens (tertiary/aromatic N) is 4. The van der Waals surface area contributed by atoms with E-state index in [9.17, 15) is 9.59 Å². The number of benzene rings is 2. The molecule has 3 unspecified atom stereocenters. The number of aromatic nitrogens is 4. The first-order valence-electron chi connectivity index (χ1n) is 14.9. The van der Waals surface area contributed by atoms with Crippen molar-refractivity contribution in [2.75, 3.05) is 29.5 Å². The lowest BCUT2D eigenvalue weighted by molar-refractivity contribution is -0.116. The normalized spacial score (nSPS) is 20.4. The summed E-state index contributed by atoms with van der Waals surface area (Å²) in [5.74, 6) is 0.764. The van der Waals surface area contributed by atoms with Crippen molar-refractivity contribution in [3.8, 4) is 0 Å². The molecule has 1 aliphatic carbocycles. The molecule has 1 saturated heterocycles. The van der Waals surface area contributed by atoms with E-state index in [0.29, 0.717) is 28.3 Å². The van der Waals surface area contributed by atoms with Crippen LogP contribution in [-0.4, -0.2) is 45.3 Å². The van der Waals surface area contributed by atoms with Crippen molar-refractivity contribution in [1.29, 1.82) is 0 Å². The number of nitrogens with one attached hydrogen (secondary N) is 3. The molecule has 224 valence electrons. The molecular formula is C31H36N8O2S2. The van der Waals surface area contributed by atoms with Gasteiger partial charge in [-0.25, -0.2) is 0 Å². The van der Waals surface area contributed by atoms with Crippen molar-refractivity contribution < 1.29 is 9.59 Å². The Labute approximate surface area is 258 Å². The van der Waals surface area contributed by atoms with Crippen molar-refractivity contribution in [3.05, 3.63) is 75.2 Å². The molecule has 2 amide bonds. The van der Waals surface area contributed by atoms with Gasteiger partial charge in [0.2, 0.25) is 22.1 Å². The fraction of sp³-hybridized carbons (Fsp3) is 0.419. The summed E-state index contributed by atoms with van der Waals surface area (Å²) in [5.41, 5.74) is 9.62. The number of hydrogen-bond donors (Lipinski definition) is 4. The Hall–Kier alpha value is -3.74. The molecule has 1 aliphatic heterocycles. The highest BCUT2D eigenvalue weighted by molar-refractivity contribution is 7.15. The summed E-state index contributed by atoms with van der Waals surface area (Å²) < 4.78 is 0. The fourth-order valence-electron chi connectivity index (χ4n) is 6.03. The third-order valence-corrected chi connectivity index (χ3v) is 10.1. The van der Waals surface area contributed by atoms with Crippen LogP contribution in [0.2, 0.25) is 0 Å². The van der Waals surface area contributed by atoms with Gasteiger partial charge < -0.3 is 21.7 Å². The monoisotopic (exact) mass is 616 g/mol. The van der Waals surface area contributed by atoms with E-state index in [1.165, 1.54) is 41.1 Å². The van der Waals surface area contributed by atoms with Gasteiger partial charge in [0, 0.05) is 24.1 Å². The van der Waals surface area contributed by atoms with E-state index in [1.54, 1.807) is 12.1 Å². The maximum absolute atomic E-state index is 12.9. The quantitative estimate of drug-likeness (QED) is 0.187. The van der Waals surface area contributed by atoms with Crippen LogP contribution in [0.3, 0.4) is 0 Å². The lowest BCUT2D eigenvalue weighted by Crippen LogP contribution is -2.28. The van der Waals surface area contributed by atoms with E-state index in [0.717, 1.165) is 59.9 Å². The SMILES string of the molecule is Nc1cccc(CC(=O)Nc2nnc(C3CCCC(c4nnc(NC(=O)Cc5cccc(C6CCCNC6)c5)s4)C3)s2)c1. The molecule has 6 rings (SSSR count). The van der Waals surface area contributed by atoms with Gasteiger partial charge in [-0.2, -0.15) is 0 Å². The summed E-state index contributed by atoms with van der Waals surface area (Å²) in [6, 6.07) is 15.7. The third-order valence-electron chi connectivity index (χ3n) is 8.15. The molecule has 10 nitrogen and oxygen atoms in total. The number of nitrogens with two attached hydrogens (primary N) is 1.